The maximum Gasteiger partial charge on any atom is 0.322 e. The molecule has 1 aliphatic rings. The summed E-state index contributed by atoms with van der Waals surface area (Å²) in [5.41, 5.74) is 0. The van der Waals surface area contributed by atoms with Crippen molar-refractivity contribution in [2.75, 3.05) is 13.7 Å². The van der Waals surface area contributed by atoms with Crippen LogP contribution in [0, 0.1) is 0 Å². The molecule has 0 aliphatic carbocycles. The zero-order valence-electron chi connectivity index (χ0n) is 5.36. The third kappa shape index (κ3) is 1.54. The summed E-state index contributed by atoms with van der Waals surface area (Å²) in [7, 11) is 3.23. The quantitative estimate of drug-likeness (QED) is 0.542. The molecular formula is C4H7ClN2O2S. The second-order valence-electron chi connectivity index (χ2n) is 2.03. The first-order valence-corrected chi connectivity index (χ1v) is 4.87. The van der Waals surface area contributed by atoms with Crippen LogP contribution in [0.1, 0.15) is 0 Å². The first-order chi connectivity index (χ1) is 4.50. The van der Waals surface area contributed by atoms with Crippen molar-refractivity contribution < 1.29 is 8.42 Å². The zero-order valence-corrected chi connectivity index (χ0v) is 6.93. The van der Waals surface area contributed by atoms with Gasteiger partial charge in [-0.3, -0.25) is 0 Å². The second-order valence-corrected chi connectivity index (χ2v) is 4.49. The summed E-state index contributed by atoms with van der Waals surface area (Å²) in [6.45, 7) is 0.297. The van der Waals surface area contributed by atoms with Gasteiger partial charge in [-0.05, 0) is 0 Å². The van der Waals surface area contributed by atoms with E-state index in [0.717, 1.165) is 4.31 Å². The maximum atomic E-state index is 10.6. The van der Waals surface area contributed by atoms with E-state index < -0.39 is 9.24 Å². The normalized spacial score (nSPS) is 18.6. The van der Waals surface area contributed by atoms with Gasteiger partial charge < -0.3 is 4.90 Å². The standard InChI is InChI=1S/C4H7ClN2O2S/c1-6-2-3-7(4-6)10(5,8)9/h2-3H,4H2,1H3. The van der Waals surface area contributed by atoms with E-state index in [1.165, 1.54) is 6.20 Å². The molecule has 0 unspecified atom stereocenters. The second kappa shape index (κ2) is 2.32. The van der Waals surface area contributed by atoms with Crippen LogP contribution in [0.3, 0.4) is 0 Å². The smallest absolute Gasteiger partial charge is 0.322 e. The Kier molecular flexibility index (Phi) is 1.78. The molecule has 0 spiro atoms. The van der Waals surface area contributed by atoms with Crippen molar-refractivity contribution in [2.45, 2.75) is 0 Å². The summed E-state index contributed by atoms with van der Waals surface area (Å²) in [5, 5.41) is 0. The molecule has 0 aromatic carbocycles. The van der Waals surface area contributed by atoms with E-state index in [9.17, 15) is 8.42 Å². The lowest BCUT2D eigenvalue weighted by Crippen LogP contribution is -2.24. The molecule has 0 saturated heterocycles. The molecule has 10 heavy (non-hydrogen) atoms. The van der Waals surface area contributed by atoms with Crippen molar-refractivity contribution in [1.29, 1.82) is 0 Å². The molecular weight excluding hydrogens is 176 g/mol. The number of hydrogen-bond donors (Lipinski definition) is 0. The molecule has 1 rings (SSSR count). The molecule has 0 amide bonds. The van der Waals surface area contributed by atoms with Gasteiger partial charge >= 0.3 is 9.24 Å². The van der Waals surface area contributed by atoms with E-state index in [0.29, 0.717) is 6.67 Å². The number of halogens is 1. The Morgan fingerprint density at radius 1 is 1.50 bits per heavy atom. The molecule has 0 N–H and O–H groups in total. The van der Waals surface area contributed by atoms with Crippen molar-refractivity contribution in [3.8, 4) is 0 Å². The number of hydrogen-bond acceptors (Lipinski definition) is 3. The van der Waals surface area contributed by atoms with Crippen LogP contribution in [0.4, 0.5) is 0 Å². The lowest BCUT2D eigenvalue weighted by Gasteiger charge is -2.13. The van der Waals surface area contributed by atoms with Crippen molar-refractivity contribution in [3.05, 3.63) is 12.4 Å². The lowest BCUT2D eigenvalue weighted by atomic mass is 10.9. The molecule has 1 aliphatic heterocycles. The summed E-state index contributed by atoms with van der Waals surface area (Å²) >= 11 is 0. The van der Waals surface area contributed by atoms with Crippen LogP contribution in [0.25, 0.3) is 0 Å². The van der Waals surface area contributed by atoms with Gasteiger partial charge in [0.15, 0.2) is 0 Å². The monoisotopic (exact) mass is 182 g/mol. The SMILES string of the molecule is CN1C=CN(S(=O)(=O)Cl)C1. The van der Waals surface area contributed by atoms with Gasteiger partial charge in [-0.2, -0.15) is 8.42 Å². The lowest BCUT2D eigenvalue weighted by molar-refractivity contribution is 0.390. The highest BCUT2D eigenvalue weighted by atomic mass is 35.7. The van der Waals surface area contributed by atoms with Gasteiger partial charge in [-0.25, -0.2) is 4.31 Å². The third-order valence-corrected chi connectivity index (χ3v) is 2.46. The average molecular weight is 183 g/mol. The Hall–Kier alpha value is -0.420. The molecule has 0 fully saturated rings. The Balaban J connectivity index is 2.73. The van der Waals surface area contributed by atoms with Crippen molar-refractivity contribution in [1.82, 2.24) is 9.21 Å². The van der Waals surface area contributed by atoms with Gasteiger partial charge in [0, 0.05) is 30.1 Å². The fourth-order valence-corrected chi connectivity index (χ4v) is 1.43. The molecule has 0 bridgehead atoms. The summed E-state index contributed by atoms with van der Waals surface area (Å²) in [6.07, 6.45) is 3.06. The first-order valence-electron chi connectivity index (χ1n) is 2.60. The van der Waals surface area contributed by atoms with Gasteiger partial charge in [0.05, 0.1) is 0 Å². The molecule has 0 atom stereocenters. The largest absolute Gasteiger partial charge is 0.361 e. The minimum atomic E-state index is -3.56. The summed E-state index contributed by atoms with van der Waals surface area (Å²) < 4.78 is 22.2. The van der Waals surface area contributed by atoms with E-state index >= 15 is 0 Å². The van der Waals surface area contributed by atoms with Gasteiger partial charge in [0.25, 0.3) is 0 Å². The number of rotatable bonds is 1. The van der Waals surface area contributed by atoms with Gasteiger partial charge in [-0.1, -0.05) is 0 Å². The highest BCUT2D eigenvalue weighted by molar-refractivity contribution is 8.11. The minimum Gasteiger partial charge on any atom is -0.361 e. The predicted octanol–water partition coefficient (Wildman–Crippen LogP) is 0.146. The average Bonchev–Trinajstić information content (AvgIpc) is 2.11. The molecule has 58 valence electrons. The highest BCUT2D eigenvalue weighted by Crippen LogP contribution is 2.12. The van der Waals surface area contributed by atoms with Crippen LogP contribution in [0.2, 0.25) is 0 Å². The summed E-state index contributed by atoms with van der Waals surface area (Å²) in [4.78, 5) is 1.71. The first kappa shape index (κ1) is 7.68. The Morgan fingerprint density at radius 3 is 2.30 bits per heavy atom. The Labute approximate surface area is 64.2 Å². The Bertz CT molecular complexity index is 248. The van der Waals surface area contributed by atoms with Gasteiger partial charge in [-0.15, -0.1) is 0 Å². The van der Waals surface area contributed by atoms with Crippen LogP contribution in [-0.2, 0) is 9.24 Å². The van der Waals surface area contributed by atoms with Crippen molar-refractivity contribution in [3.63, 3.8) is 0 Å². The van der Waals surface area contributed by atoms with Crippen LogP contribution < -0.4 is 0 Å². The summed E-state index contributed by atoms with van der Waals surface area (Å²) in [5.74, 6) is 0. The van der Waals surface area contributed by atoms with Crippen molar-refractivity contribution >= 4 is 19.9 Å². The molecule has 0 saturated carbocycles. The van der Waals surface area contributed by atoms with Crippen LogP contribution in [-0.4, -0.2) is 31.3 Å². The van der Waals surface area contributed by atoms with E-state index in [2.05, 4.69) is 0 Å². The topological polar surface area (TPSA) is 40.6 Å². The maximum absolute atomic E-state index is 10.6. The van der Waals surface area contributed by atoms with Gasteiger partial charge in [0.2, 0.25) is 0 Å². The predicted molar refractivity (Wildman–Crippen MR) is 38.4 cm³/mol. The van der Waals surface area contributed by atoms with E-state index in [4.69, 9.17) is 10.7 Å². The fraction of sp³-hybridized carbons (Fsp3) is 0.500. The molecule has 1 heterocycles. The van der Waals surface area contributed by atoms with Crippen molar-refractivity contribution in [2.24, 2.45) is 0 Å². The Morgan fingerprint density at radius 2 is 2.10 bits per heavy atom. The van der Waals surface area contributed by atoms with Crippen LogP contribution in [0.15, 0.2) is 12.4 Å². The molecule has 0 radical (unpaired) electrons. The molecule has 4 nitrogen and oxygen atoms in total. The van der Waals surface area contributed by atoms with E-state index in [1.54, 1.807) is 18.1 Å². The van der Waals surface area contributed by atoms with Crippen LogP contribution >= 0.6 is 10.7 Å². The zero-order chi connectivity index (χ0) is 7.78. The van der Waals surface area contributed by atoms with Gasteiger partial charge in [0.1, 0.15) is 6.67 Å². The fourth-order valence-electron chi connectivity index (χ4n) is 0.644. The van der Waals surface area contributed by atoms with E-state index in [-0.39, 0.29) is 0 Å². The molecule has 0 aromatic rings. The molecule has 0 aromatic heterocycles. The van der Waals surface area contributed by atoms with Crippen LogP contribution in [0.5, 0.6) is 0 Å². The van der Waals surface area contributed by atoms with E-state index in [1.807, 2.05) is 0 Å². The highest BCUT2D eigenvalue weighted by Gasteiger charge is 2.19. The molecule has 6 heteroatoms. The minimum absolute atomic E-state index is 0.297. The third-order valence-electron chi connectivity index (χ3n) is 1.13. The number of nitrogens with zero attached hydrogens (tertiary/aromatic N) is 2. The summed E-state index contributed by atoms with van der Waals surface area (Å²) in [6, 6.07) is 0.